The Morgan fingerprint density at radius 3 is 2.00 bits per heavy atom. The molecule has 3 rings (SSSR count). The molecule has 1 heterocycles. The Morgan fingerprint density at radius 2 is 1.54 bits per heavy atom. The lowest BCUT2D eigenvalue weighted by Crippen LogP contribution is -2.28. The molecule has 2 aromatic rings. The third-order valence-corrected chi connectivity index (χ3v) is 5.90. The highest BCUT2D eigenvalue weighted by Crippen LogP contribution is 2.36. The molecule has 0 bridgehead atoms. The number of halogens is 3. The highest BCUT2D eigenvalue weighted by molar-refractivity contribution is 7.99. The molecular formula is C18H21F3O5S2. The van der Waals surface area contributed by atoms with Crippen molar-refractivity contribution in [2.24, 2.45) is 0 Å². The van der Waals surface area contributed by atoms with Gasteiger partial charge < -0.3 is 13.7 Å². The molecule has 0 aromatic heterocycles. The van der Waals surface area contributed by atoms with Crippen LogP contribution >= 0.6 is 11.8 Å². The van der Waals surface area contributed by atoms with E-state index < -0.39 is 27.7 Å². The molecule has 5 nitrogen and oxygen atoms in total. The number of benzene rings is 2. The standard InChI is InChI=1S/C14H13F3O5S.C4H8S/c1-9(20-2)21-12-7-8-13(11-6-4-3-5-10(11)12)22-23(18,19)14(15,16)17;1-2-4-5-3-1/h3-9H,1-2H3;1-4H2. The number of hydrogen-bond donors (Lipinski definition) is 0. The molecular weight excluding hydrogens is 417 g/mol. The predicted octanol–water partition coefficient (Wildman–Crippen LogP) is 4.95. The van der Waals surface area contributed by atoms with Crippen LogP contribution in [0, 0.1) is 0 Å². The zero-order chi connectivity index (χ0) is 20.8. The fraction of sp³-hybridized carbons (Fsp3) is 0.444. The smallest absolute Gasteiger partial charge is 0.465 e. The topological polar surface area (TPSA) is 61.8 Å². The largest absolute Gasteiger partial charge is 0.534 e. The van der Waals surface area contributed by atoms with E-state index in [9.17, 15) is 21.6 Å². The van der Waals surface area contributed by atoms with E-state index in [2.05, 4.69) is 15.9 Å². The first-order valence-electron chi connectivity index (χ1n) is 8.45. The summed E-state index contributed by atoms with van der Waals surface area (Å²) in [4.78, 5) is 0. The molecule has 1 fully saturated rings. The Bertz CT molecular complexity index is 873. The van der Waals surface area contributed by atoms with E-state index in [0.29, 0.717) is 11.1 Å². The van der Waals surface area contributed by atoms with E-state index in [4.69, 9.17) is 9.47 Å². The summed E-state index contributed by atoms with van der Waals surface area (Å²) in [5.74, 6) is 2.72. The molecule has 156 valence electrons. The van der Waals surface area contributed by atoms with Crippen LogP contribution in [0.3, 0.4) is 0 Å². The van der Waals surface area contributed by atoms with E-state index in [1.165, 1.54) is 43.6 Å². The molecule has 1 saturated heterocycles. The van der Waals surface area contributed by atoms with Crippen LogP contribution < -0.4 is 8.92 Å². The second-order valence-electron chi connectivity index (χ2n) is 5.83. The average Bonchev–Trinajstić information content (AvgIpc) is 3.22. The lowest BCUT2D eigenvalue weighted by Gasteiger charge is -2.16. The SMILES string of the molecule is C1CCSC1.COC(C)Oc1ccc(OS(=O)(=O)C(F)(F)F)c2ccccc12. The van der Waals surface area contributed by atoms with Crippen LogP contribution in [0.2, 0.25) is 0 Å². The van der Waals surface area contributed by atoms with Crippen molar-refractivity contribution in [3.8, 4) is 11.5 Å². The quantitative estimate of drug-likeness (QED) is 0.374. The highest BCUT2D eigenvalue weighted by atomic mass is 32.2. The maximum Gasteiger partial charge on any atom is 0.534 e. The maximum atomic E-state index is 12.5. The van der Waals surface area contributed by atoms with Crippen molar-refractivity contribution in [1.29, 1.82) is 0 Å². The number of thioether (sulfide) groups is 1. The molecule has 0 radical (unpaired) electrons. The minimum atomic E-state index is -5.75. The first-order chi connectivity index (χ1) is 13.2. The molecule has 0 saturated carbocycles. The van der Waals surface area contributed by atoms with Gasteiger partial charge in [-0.2, -0.15) is 33.4 Å². The number of hydrogen-bond acceptors (Lipinski definition) is 6. The average molecular weight is 438 g/mol. The van der Waals surface area contributed by atoms with Gasteiger partial charge in [0.15, 0.2) is 12.0 Å². The third kappa shape index (κ3) is 5.92. The van der Waals surface area contributed by atoms with E-state index in [1.807, 2.05) is 0 Å². The van der Waals surface area contributed by atoms with Crippen molar-refractivity contribution in [2.45, 2.75) is 31.6 Å². The molecule has 0 N–H and O–H groups in total. The number of alkyl halides is 3. The number of rotatable bonds is 5. The molecule has 1 unspecified atom stereocenters. The van der Waals surface area contributed by atoms with Gasteiger partial charge in [0, 0.05) is 17.9 Å². The van der Waals surface area contributed by atoms with Crippen molar-refractivity contribution in [1.82, 2.24) is 0 Å². The Kier molecular flexibility index (Phi) is 7.85. The zero-order valence-electron chi connectivity index (χ0n) is 15.4. The van der Waals surface area contributed by atoms with Crippen LogP contribution in [0.4, 0.5) is 13.2 Å². The lowest BCUT2D eigenvalue weighted by molar-refractivity contribution is -0.0499. The van der Waals surface area contributed by atoms with E-state index >= 15 is 0 Å². The summed E-state index contributed by atoms with van der Waals surface area (Å²) in [6.45, 7) is 1.63. The van der Waals surface area contributed by atoms with Crippen molar-refractivity contribution in [3.05, 3.63) is 36.4 Å². The molecule has 0 amide bonds. The van der Waals surface area contributed by atoms with Crippen molar-refractivity contribution in [2.75, 3.05) is 18.6 Å². The summed E-state index contributed by atoms with van der Waals surface area (Å²) in [5, 5.41) is 0.562. The highest BCUT2D eigenvalue weighted by Gasteiger charge is 2.48. The summed E-state index contributed by atoms with van der Waals surface area (Å²) >= 11 is 2.07. The molecule has 1 aliphatic heterocycles. The first-order valence-corrected chi connectivity index (χ1v) is 11.0. The van der Waals surface area contributed by atoms with Crippen molar-refractivity contribution in [3.63, 3.8) is 0 Å². The van der Waals surface area contributed by atoms with E-state index in [0.717, 1.165) is 6.07 Å². The number of fused-ring (bicyclic) bond motifs is 1. The molecule has 1 aliphatic rings. The van der Waals surface area contributed by atoms with Gasteiger partial charge in [-0.1, -0.05) is 24.3 Å². The Hall–Kier alpha value is -1.65. The summed E-state index contributed by atoms with van der Waals surface area (Å²) in [5.41, 5.74) is -5.51. The molecule has 0 spiro atoms. The fourth-order valence-electron chi connectivity index (χ4n) is 2.32. The van der Waals surface area contributed by atoms with Gasteiger partial charge in [-0.25, -0.2) is 0 Å². The first kappa shape index (κ1) is 22.6. The van der Waals surface area contributed by atoms with Gasteiger partial charge in [0.05, 0.1) is 0 Å². The Balaban J connectivity index is 0.000000485. The van der Waals surface area contributed by atoms with Crippen molar-refractivity contribution < 1.29 is 35.2 Å². The normalized spacial score (nSPS) is 15.6. The van der Waals surface area contributed by atoms with Crippen LogP contribution in [-0.4, -0.2) is 38.8 Å². The third-order valence-electron chi connectivity index (χ3n) is 3.78. The van der Waals surface area contributed by atoms with Gasteiger partial charge in [-0.3, -0.25) is 0 Å². The van der Waals surface area contributed by atoms with Gasteiger partial charge in [0.25, 0.3) is 0 Å². The molecule has 2 aromatic carbocycles. The maximum absolute atomic E-state index is 12.5. The predicted molar refractivity (Wildman–Crippen MR) is 103 cm³/mol. The van der Waals surface area contributed by atoms with Crippen LogP contribution in [0.15, 0.2) is 36.4 Å². The molecule has 1 atom stereocenters. The zero-order valence-corrected chi connectivity index (χ0v) is 17.0. The monoisotopic (exact) mass is 438 g/mol. The van der Waals surface area contributed by atoms with Crippen molar-refractivity contribution >= 4 is 32.7 Å². The van der Waals surface area contributed by atoms with Gasteiger partial charge in [-0.05, 0) is 43.4 Å². The number of ether oxygens (including phenoxy) is 2. The summed E-state index contributed by atoms with van der Waals surface area (Å²) in [6.07, 6.45) is 2.33. The summed E-state index contributed by atoms with van der Waals surface area (Å²) in [7, 11) is -4.32. The second-order valence-corrected chi connectivity index (χ2v) is 8.59. The summed E-state index contributed by atoms with van der Waals surface area (Å²) < 4.78 is 74.4. The minimum absolute atomic E-state index is 0.168. The minimum Gasteiger partial charge on any atom is -0.465 e. The lowest BCUT2D eigenvalue weighted by atomic mass is 10.1. The molecule has 0 aliphatic carbocycles. The van der Waals surface area contributed by atoms with E-state index in [1.54, 1.807) is 25.1 Å². The van der Waals surface area contributed by atoms with Crippen LogP contribution in [0.1, 0.15) is 19.8 Å². The van der Waals surface area contributed by atoms with Crippen LogP contribution in [0.5, 0.6) is 11.5 Å². The van der Waals surface area contributed by atoms with Gasteiger partial charge in [-0.15, -0.1) is 0 Å². The Labute approximate surface area is 166 Å². The number of methoxy groups -OCH3 is 1. The second kappa shape index (κ2) is 9.71. The molecule has 28 heavy (non-hydrogen) atoms. The van der Waals surface area contributed by atoms with Crippen LogP contribution in [-0.2, 0) is 14.9 Å². The summed E-state index contributed by atoms with van der Waals surface area (Å²) in [6, 6.07) is 8.59. The fourth-order valence-corrected chi connectivity index (χ4v) is 3.82. The van der Waals surface area contributed by atoms with Crippen LogP contribution in [0.25, 0.3) is 10.8 Å². The molecule has 10 heteroatoms. The van der Waals surface area contributed by atoms with Gasteiger partial charge >= 0.3 is 15.6 Å². The van der Waals surface area contributed by atoms with Gasteiger partial charge in [0.1, 0.15) is 5.75 Å². The Morgan fingerprint density at radius 1 is 1.00 bits per heavy atom. The van der Waals surface area contributed by atoms with E-state index in [-0.39, 0.29) is 5.39 Å². The van der Waals surface area contributed by atoms with Gasteiger partial charge in [0.2, 0.25) is 0 Å².